The van der Waals surface area contributed by atoms with E-state index in [9.17, 15) is 9.59 Å². The number of carbonyl (C=O) groups is 2. The van der Waals surface area contributed by atoms with Crippen molar-refractivity contribution in [1.29, 1.82) is 5.53 Å². The third kappa shape index (κ3) is 4.18. The number of piperidine rings is 1. The van der Waals surface area contributed by atoms with Crippen LogP contribution in [0.4, 0.5) is 5.69 Å². The molecule has 0 bridgehead atoms. The van der Waals surface area contributed by atoms with Crippen LogP contribution in [-0.4, -0.2) is 31.4 Å². The molecule has 0 aromatic heterocycles. The average Bonchev–Trinajstić information content (AvgIpc) is 2.66. The van der Waals surface area contributed by atoms with Crippen molar-refractivity contribution >= 4 is 17.5 Å². The lowest BCUT2D eigenvalue weighted by molar-refractivity contribution is -0.125. The summed E-state index contributed by atoms with van der Waals surface area (Å²) in [5, 5.41) is 9.47. The highest BCUT2D eigenvalue weighted by atomic mass is 16.2. The highest BCUT2D eigenvalue weighted by Crippen LogP contribution is 2.26. The smallest absolute Gasteiger partial charge is 0.274 e. The fourth-order valence-electron chi connectivity index (χ4n) is 3.81. The van der Waals surface area contributed by atoms with Gasteiger partial charge in [-0.05, 0) is 49.7 Å². The van der Waals surface area contributed by atoms with Gasteiger partial charge in [-0.15, -0.1) is 0 Å². The van der Waals surface area contributed by atoms with Crippen LogP contribution in [-0.2, 0) is 16.0 Å². The molecule has 1 aromatic rings. The molecule has 2 atom stereocenters. The van der Waals surface area contributed by atoms with E-state index >= 15 is 0 Å². The summed E-state index contributed by atoms with van der Waals surface area (Å²) in [6.45, 7) is 2.88. The van der Waals surface area contributed by atoms with Crippen molar-refractivity contribution < 1.29 is 9.59 Å². The third-order valence-electron chi connectivity index (χ3n) is 5.37. The Kier molecular flexibility index (Phi) is 5.88. The van der Waals surface area contributed by atoms with Crippen molar-refractivity contribution in [2.45, 2.75) is 45.1 Å². The zero-order chi connectivity index (χ0) is 19.4. The number of rotatable bonds is 3. The minimum absolute atomic E-state index is 0.0828. The Balaban J connectivity index is 1.78. The number of aryl methyl sites for hydroxylation is 1. The van der Waals surface area contributed by atoms with Gasteiger partial charge in [0, 0.05) is 25.0 Å². The molecule has 2 aliphatic rings. The third-order valence-corrected chi connectivity index (χ3v) is 5.37. The first-order valence-electron chi connectivity index (χ1n) is 9.52. The van der Waals surface area contributed by atoms with E-state index in [0.717, 1.165) is 37.1 Å². The molecule has 0 aliphatic carbocycles. The van der Waals surface area contributed by atoms with E-state index in [0.29, 0.717) is 24.5 Å². The van der Waals surface area contributed by atoms with Crippen LogP contribution in [0.5, 0.6) is 0 Å². The molecular formula is C20H27N5O2. The molecule has 3 rings (SSSR count). The summed E-state index contributed by atoms with van der Waals surface area (Å²) in [6, 6.07) is 7.24. The van der Waals surface area contributed by atoms with Crippen molar-refractivity contribution in [3.63, 3.8) is 0 Å². The molecule has 0 spiro atoms. The Labute approximate surface area is 159 Å². The first-order chi connectivity index (χ1) is 13.0. The molecule has 7 heteroatoms. The van der Waals surface area contributed by atoms with Gasteiger partial charge in [-0.2, -0.15) is 5.11 Å². The molecule has 1 unspecified atom stereocenters. The van der Waals surface area contributed by atoms with Crippen LogP contribution >= 0.6 is 0 Å². The number of amides is 2. The number of nitrogens with zero attached hydrogens (tertiary/aromatic N) is 2. The van der Waals surface area contributed by atoms with Crippen LogP contribution in [0, 0.1) is 11.4 Å². The molecule has 3 N–H and O–H groups in total. The summed E-state index contributed by atoms with van der Waals surface area (Å²) in [6.07, 6.45) is 3.95. The maximum Gasteiger partial charge on any atom is 0.274 e. The summed E-state index contributed by atoms with van der Waals surface area (Å²) in [5.41, 5.74) is 10.2. The Hall–Kier alpha value is -2.70. The lowest BCUT2D eigenvalue weighted by Gasteiger charge is -2.29. The molecule has 7 nitrogen and oxygen atoms in total. The van der Waals surface area contributed by atoms with Crippen molar-refractivity contribution in [1.82, 2.24) is 10.6 Å². The number of benzene rings is 1. The number of hydrogen-bond donors (Lipinski definition) is 3. The van der Waals surface area contributed by atoms with Gasteiger partial charge in [-0.3, -0.25) is 9.59 Å². The minimum atomic E-state index is -0.616. The Morgan fingerprint density at radius 2 is 2.11 bits per heavy atom. The summed E-state index contributed by atoms with van der Waals surface area (Å²) in [7, 11) is 1.74. The Morgan fingerprint density at radius 1 is 1.33 bits per heavy atom. The summed E-state index contributed by atoms with van der Waals surface area (Å²) in [4.78, 5) is 27.3. The summed E-state index contributed by atoms with van der Waals surface area (Å²) < 4.78 is 0. The van der Waals surface area contributed by atoms with Crippen LogP contribution in [0.1, 0.15) is 38.2 Å². The highest BCUT2D eigenvalue weighted by molar-refractivity contribution is 6.02. The van der Waals surface area contributed by atoms with Gasteiger partial charge >= 0.3 is 0 Å². The lowest BCUT2D eigenvalue weighted by Crippen LogP contribution is -2.49. The van der Waals surface area contributed by atoms with Crippen molar-refractivity contribution in [3.05, 3.63) is 41.2 Å². The molecule has 1 aromatic carbocycles. The number of hydrogen-bond acceptors (Lipinski definition) is 5. The predicted octanol–water partition coefficient (Wildman–Crippen LogP) is 2.73. The van der Waals surface area contributed by atoms with E-state index in [1.54, 1.807) is 11.9 Å². The lowest BCUT2D eigenvalue weighted by atomic mass is 9.96. The zero-order valence-electron chi connectivity index (χ0n) is 15.9. The van der Waals surface area contributed by atoms with Gasteiger partial charge in [0.15, 0.2) is 5.70 Å². The summed E-state index contributed by atoms with van der Waals surface area (Å²) in [5.74, 6) is -0.159. The molecule has 0 radical (unpaired) electrons. The largest absolute Gasteiger partial charge is 0.386 e. The number of anilines is 1. The van der Waals surface area contributed by atoms with Crippen LogP contribution in [0.2, 0.25) is 0 Å². The number of carbonyl (C=O) groups excluding carboxylic acids is 2. The van der Waals surface area contributed by atoms with Crippen LogP contribution < -0.4 is 15.5 Å². The molecule has 1 saturated heterocycles. The van der Waals surface area contributed by atoms with E-state index < -0.39 is 11.9 Å². The van der Waals surface area contributed by atoms with Crippen LogP contribution in [0.25, 0.3) is 0 Å². The van der Waals surface area contributed by atoms with E-state index in [4.69, 9.17) is 5.53 Å². The quantitative estimate of drug-likeness (QED) is 0.564. The van der Waals surface area contributed by atoms with Crippen molar-refractivity contribution in [2.24, 2.45) is 11.0 Å². The number of allylic oxidation sites excluding steroid dienone is 1. The van der Waals surface area contributed by atoms with E-state index in [1.165, 1.54) is 0 Å². The second kappa shape index (κ2) is 8.33. The standard InChI is InChI=1S/C20H27N5O2/c1-13-10-11-22-16(12-13)18(24-21)19(26)23-15-8-5-7-14-6-3-4-9-17(14)25(2)20(15)27/h3-4,6,9,13,15,21-22H,5,7-8,10-12H2,1-2H3,(H,23,26)/b18-16-,24-21?/t13?,15-/m0/s1. The maximum atomic E-state index is 12.9. The fourth-order valence-corrected chi connectivity index (χ4v) is 3.81. The average molecular weight is 369 g/mol. The van der Waals surface area contributed by atoms with Gasteiger partial charge in [0.2, 0.25) is 5.91 Å². The molecule has 144 valence electrons. The fraction of sp³-hybridized carbons (Fsp3) is 0.500. The van der Waals surface area contributed by atoms with Crippen molar-refractivity contribution in [2.75, 3.05) is 18.5 Å². The van der Waals surface area contributed by atoms with E-state index in [1.807, 2.05) is 24.3 Å². The second-order valence-electron chi connectivity index (χ2n) is 7.41. The first-order valence-corrected chi connectivity index (χ1v) is 9.52. The van der Waals surface area contributed by atoms with Gasteiger partial charge in [-0.25, -0.2) is 5.53 Å². The number of likely N-dealkylation sites (N-methyl/N-ethyl adjacent to an activating group) is 1. The molecule has 2 aliphatic heterocycles. The van der Waals surface area contributed by atoms with Gasteiger partial charge in [-0.1, -0.05) is 25.1 Å². The number of nitrogens with one attached hydrogen (secondary N) is 3. The predicted molar refractivity (Wildman–Crippen MR) is 103 cm³/mol. The second-order valence-corrected chi connectivity index (χ2v) is 7.41. The molecule has 27 heavy (non-hydrogen) atoms. The van der Waals surface area contributed by atoms with E-state index in [-0.39, 0.29) is 11.6 Å². The van der Waals surface area contributed by atoms with Crippen LogP contribution in [0.3, 0.4) is 0 Å². The maximum absolute atomic E-state index is 12.9. The molecule has 2 amide bonds. The molecule has 1 fully saturated rings. The minimum Gasteiger partial charge on any atom is -0.386 e. The van der Waals surface area contributed by atoms with Gasteiger partial charge in [0.25, 0.3) is 5.91 Å². The van der Waals surface area contributed by atoms with Crippen molar-refractivity contribution in [3.8, 4) is 0 Å². The zero-order valence-corrected chi connectivity index (χ0v) is 15.9. The van der Waals surface area contributed by atoms with Crippen LogP contribution in [0.15, 0.2) is 40.8 Å². The first kappa shape index (κ1) is 19.1. The normalized spacial score (nSPS) is 24.8. The highest BCUT2D eigenvalue weighted by Gasteiger charge is 2.30. The summed E-state index contributed by atoms with van der Waals surface area (Å²) >= 11 is 0. The van der Waals surface area contributed by atoms with Gasteiger partial charge < -0.3 is 15.5 Å². The van der Waals surface area contributed by atoms with E-state index in [2.05, 4.69) is 22.7 Å². The monoisotopic (exact) mass is 369 g/mol. The Bertz CT molecular complexity index is 773. The molecule has 0 saturated carbocycles. The van der Waals surface area contributed by atoms with Gasteiger partial charge in [0.05, 0.1) is 0 Å². The molecular weight excluding hydrogens is 342 g/mol. The molecule has 2 heterocycles. The Morgan fingerprint density at radius 3 is 2.85 bits per heavy atom. The topological polar surface area (TPSA) is 97.7 Å². The number of para-hydroxylation sites is 1. The van der Waals surface area contributed by atoms with Gasteiger partial charge in [0.1, 0.15) is 6.04 Å². The SMILES string of the molecule is CC1CCN/C(=C(\N=N)C(=O)N[C@H]2CCCc3ccccc3N(C)C2=O)C1. The number of fused-ring (bicyclic) bond motifs is 1.